The molecule has 26 heavy (non-hydrogen) atoms. The summed E-state index contributed by atoms with van der Waals surface area (Å²) in [4.78, 5) is 21.2. The lowest BCUT2D eigenvalue weighted by atomic mass is 10.3. The predicted octanol–water partition coefficient (Wildman–Crippen LogP) is 3.09. The van der Waals surface area contributed by atoms with Crippen LogP contribution in [0.5, 0.6) is 5.75 Å². The monoisotopic (exact) mass is 377 g/mol. The standard InChI is InChI=1S/C19H24FN3O2S/c1-15-21-16(14-26-15)13-22-8-4-9-23(11-10-22)19(24)7-12-25-18-6-3-2-5-17(18)20/h2-3,5-6,14H,4,7-13H2,1H3. The summed E-state index contributed by atoms with van der Waals surface area (Å²) in [6.45, 7) is 6.32. The van der Waals surface area contributed by atoms with Crippen molar-refractivity contribution in [2.45, 2.75) is 26.3 Å². The number of aromatic nitrogens is 1. The number of amides is 1. The molecule has 2 heterocycles. The van der Waals surface area contributed by atoms with Crippen LogP contribution in [0.25, 0.3) is 0 Å². The van der Waals surface area contributed by atoms with Crippen molar-refractivity contribution in [3.63, 3.8) is 0 Å². The molecule has 7 heteroatoms. The van der Waals surface area contributed by atoms with E-state index in [0.29, 0.717) is 6.54 Å². The quantitative estimate of drug-likeness (QED) is 0.776. The van der Waals surface area contributed by atoms with E-state index in [9.17, 15) is 9.18 Å². The lowest BCUT2D eigenvalue weighted by Crippen LogP contribution is -2.35. The van der Waals surface area contributed by atoms with Crippen molar-refractivity contribution >= 4 is 17.2 Å². The molecule has 1 fully saturated rings. The first-order valence-electron chi connectivity index (χ1n) is 8.90. The molecule has 0 bridgehead atoms. The van der Waals surface area contributed by atoms with Gasteiger partial charge in [0, 0.05) is 38.1 Å². The minimum atomic E-state index is -0.400. The second kappa shape index (κ2) is 9.09. The first-order valence-corrected chi connectivity index (χ1v) is 9.78. The summed E-state index contributed by atoms with van der Waals surface area (Å²) in [5, 5.41) is 3.19. The molecule has 0 N–H and O–H groups in total. The molecule has 0 radical (unpaired) electrons. The molecule has 2 aromatic rings. The van der Waals surface area contributed by atoms with Crippen LogP contribution >= 0.6 is 11.3 Å². The van der Waals surface area contributed by atoms with Gasteiger partial charge in [-0.15, -0.1) is 11.3 Å². The molecule has 0 saturated carbocycles. The molecule has 0 atom stereocenters. The number of aryl methyl sites for hydroxylation is 1. The summed E-state index contributed by atoms with van der Waals surface area (Å²) >= 11 is 1.67. The number of para-hydroxylation sites is 1. The smallest absolute Gasteiger partial charge is 0.226 e. The number of hydrogen-bond acceptors (Lipinski definition) is 5. The van der Waals surface area contributed by atoms with Gasteiger partial charge in [-0.2, -0.15) is 0 Å². The van der Waals surface area contributed by atoms with E-state index in [1.807, 2.05) is 11.8 Å². The molecule has 1 aromatic carbocycles. The van der Waals surface area contributed by atoms with Gasteiger partial charge < -0.3 is 9.64 Å². The normalized spacial score (nSPS) is 15.7. The molecule has 1 saturated heterocycles. The molecule has 1 aliphatic heterocycles. The zero-order chi connectivity index (χ0) is 18.4. The Hall–Kier alpha value is -1.99. The Morgan fingerprint density at radius 1 is 1.27 bits per heavy atom. The lowest BCUT2D eigenvalue weighted by molar-refractivity contribution is -0.131. The number of ether oxygens (including phenoxy) is 1. The van der Waals surface area contributed by atoms with Crippen molar-refractivity contribution in [2.75, 3.05) is 32.8 Å². The zero-order valence-electron chi connectivity index (χ0n) is 15.0. The number of benzene rings is 1. The predicted molar refractivity (Wildman–Crippen MR) is 99.8 cm³/mol. The minimum absolute atomic E-state index is 0.0627. The Morgan fingerprint density at radius 2 is 2.12 bits per heavy atom. The van der Waals surface area contributed by atoms with Crippen molar-refractivity contribution < 1.29 is 13.9 Å². The second-order valence-corrected chi connectivity index (χ2v) is 7.46. The van der Waals surface area contributed by atoms with Crippen LogP contribution in [0.2, 0.25) is 0 Å². The van der Waals surface area contributed by atoms with Crippen LogP contribution in [0.3, 0.4) is 0 Å². The third kappa shape index (κ3) is 5.25. The number of carbonyl (C=O) groups excluding carboxylic acids is 1. The van der Waals surface area contributed by atoms with Gasteiger partial charge in [-0.05, 0) is 25.5 Å². The Bertz CT molecular complexity index is 737. The van der Waals surface area contributed by atoms with Gasteiger partial charge in [0.1, 0.15) is 0 Å². The van der Waals surface area contributed by atoms with Crippen molar-refractivity contribution in [3.05, 3.63) is 46.2 Å². The van der Waals surface area contributed by atoms with Crippen LogP contribution in [-0.2, 0) is 11.3 Å². The molecule has 1 amide bonds. The molecular weight excluding hydrogens is 353 g/mol. The molecule has 5 nitrogen and oxygen atoms in total. The Balaban J connectivity index is 1.43. The maximum absolute atomic E-state index is 13.5. The van der Waals surface area contributed by atoms with Gasteiger partial charge in [-0.3, -0.25) is 9.69 Å². The van der Waals surface area contributed by atoms with E-state index in [1.54, 1.807) is 29.5 Å². The van der Waals surface area contributed by atoms with E-state index in [1.165, 1.54) is 6.07 Å². The Labute approximate surface area is 157 Å². The lowest BCUT2D eigenvalue weighted by Gasteiger charge is -2.21. The van der Waals surface area contributed by atoms with E-state index in [4.69, 9.17) is 4.74 Å². The van der Waals surface area contributed by atoms with E-state index in [0.717, 1.165) is 43.3 Å². The number of thiazole rings is 1. The fourth-order valence-electron chi connectivity index (χ4n) is 3.06. The van der Waals surface area contributed by atoms with Gasteiger partial charge in [0.2, 0.25) is 5.91 Å². The van der Waals surface area contributed by atoms with Gasteiger partial charge in [0.25, 0.3) is 0 Å². The summed E-state index contributed by atoms with van der Waals surface area (Å²) in [7, 11) is 0. The molecule has 3 rings (SSSR count). The third-order valence-electron chi connectivity index (χ3n) is 4.40. The highest BCUT2D eigenvalue weighted by atomic mass is 32.1. The number of halogens is 1. The van der Waals surface area contributed by atoms with E-state index in [2.05, 4.69) is 15.3 Å². The Kier molecular flexibility index (Phi) is 6.57. The van der Waals surface area contributed by atoms with E-state index in [-0.39, 0.29) is 24.7 Å². The molecule has 0 aliphatic carbocycles. The number of nitrogens with zero attached hydrogens (tertiary/aromatic N) is 3. The molecule has 1 aromatic heterocycles. The summed E-state index contributed by atoms with van der Waals surface area (Å²) < 4.78 is 18.9. The maximum atomic E-state index is 13.5. The van der Waals surface area contributed by atoms with Crippen molar-refractivity contribution in [1.29, 1.82) is 0 Å². The number of rotatable bonds is 6. The first kappa shape index (κ1) is 18.8. The van der Waals surface area contributed by atoms with Crippen molar-refractivity contribution in [1.82, 2.24) is 14.8 Å². The highest BCUT2D eigenvalue weighted by Gasteiger charge is 2.19. The van der Waals surface area contributed by atoms with Gasteiger partial charge in [-0.1, -0.05) is 12.1 Å². The minimum Gasteiger partial charge on any atom is -0.490 e. The van der Waals surface area contributed by atoms with Crippen molar-refractivity contribution in [3.8, 4) is 5.75 Å². The average Bonchev–Trinajstić information content (AvgIpc) is 2.89. The van der Waals surface area contributed by atoms with Crippen molar-refractivity contribution in [2.24, 2.45) is 0 Å². The van der Waals surface area contributed by atoms with Gasteiger partial charge in [0.05, 0.1) is 23.7 Å². The molecule has 0 unspecified atom stereocenters. The first-order chi connectivity index (χ1) is 12.6. The second-order valence-electron chi connectivity index (χ2n) is 6.40. The molecular formula is C19H24FN3O2S. The summed E-state index contributed by atoms with van der Waals surface area (Å²) in [5.74, 6) is -0.142. The maximum Gasteiger partial charge on any atom is 0.226 e. The number of hydrogen-bond donors (Lipinski definition) is 0. The van der Waals surface area contributed by atoms with Gasteiger partial charge in [0.15, 0.2) is 11.6 Å². The van der Waals surface area contributed by atoms with Crippen LogP contribution in [0.4, 0.5) is 4.39 Å². The molecule has 1 aliphatic rings. The SMILES string of the molecule is Cc1nc(CN2CCCN(C(=O)CCOc3ccccc3F)CC2)cs1. The molecule has 0 spiro atoms. The summed E-state index contributed by atoms with van der Waals surface area (Å²) in [6, 6.07) is 6.25. The van der Waals surface area contributed by atoms with Crippen LogP contribution in [0, 0.1) is 12.7 Å². The highest BCUT2D eigenvalue weighted by Crippen LogP contribution is 2.16. The van der Waals surface area contributed by atoms with Crippen LogP contribution < -0.4 is 4.74 Å². The van der Waals surface area contributed by atoms with Crippen LogP contribution in [0.15, 0.2) is 29.6 Å². The molecule has 140 valence electrons. The summed E-state index contributed by atoms with van der Waals surface area (Å²) in [6.07, 6.45) is 1.21. The largest absolute Gasteiger partial charge is 0.490 e. The van der Waals surface area contributed by atoms with E-state index < -0.39 is 5.82 Å². The average molecular weight is 377 g/mol. The highest BCUT2D eigenvalue weighted by molar-refractivity contribution is 7.09. The fraction of sp³-hybridized carbons (Fsp3) is 0.474. The van der Waals surface area contributed by atoms with E-state index >= 15 is 0 Å². The van der Waals surface area contributed by atoms with Crippen LogP contribution in [-0.4, -0.2) is 53.5 Å². The van der Waals surface area contributed by atoms with Gasteiger partial charge >= 0.3 is 0 Å². The number of carbonyl (C=O) groups is 1. The Morgan fingerprint density at radius 3 is 2.88 bits per heavy atom. The third-order valence-corrected chi connectivity index (χ3v) is 5.23. The fourth-order valence-corrected chi connectivity index (χ4v) is 3.66. The van der Waals surface area contributed by atoms with Crippen LogP contribution in [0.1, 0.15) is 23.5 Å². The zero-order valence-corrected chi connectivity index (χ0v) is 15.8. The topological polar surface area (TPSA) is 45.7 Å². The summed E-state index contributed by atoms with van der Waals surface area (Å²) in [5.41, 5.74) is 1.10. The van der Waals surface area contributed by atoms with Gasteiger partial charge in [-0.25, -0.2) is 9.37 Å².